The van der Waals surface area contributed by atoms with Crippen molar-refractivity contribution in [2.24, 2.45) is 5.41 Å². The maximum atomic E-state index is 9.51. The third kappa shape index (κ3) is 8.21. The van der Waals surface area contributed by atoms with Gasteiger partial charge in [-0.25, -0.2) is 0 Å². The molecule has 1 aliphatic carbocycles. The molecule has 0 atom stereocenters. The van der Waals surface area contributed by atoms with Gasteiger partial charge in [0.2, 0.25) is 0 Å². The summed E-state index contributed by atoms with van der Waals surface area (Å²) in [6.07, 6.45) is 1.86. The Bertz CT molecular complexity index is 4490. The van der Waals surface area contributed by atoms with Crippen LogP contribution in [0.5, 0.6) is 11.5 Å². The quantitative estimate of drug-likeness (QED) is 0.159. The van der Waals surface area contributed by atoms with Gasteiger partial charge in [0.05, 0.1) is 0 Å². The number of fused-ring (bicyclic) bond motifs is 6. The molecule has 0 bridgehead atoms. The zero-order valence-electron chi connectivity index (χ0n) is 56.8. The molecule has 10 aromatic rings. The summed E-state index contributed by atoms with van der Waals surface area (Å²) < 4.78 is 105. The average molecular weight is 1190 g/mol. The minimum atomic E-state index is -0.649. The first-order valence-electron chi connectivity index (χ1n) is 31.3. The van der Waals surface area contributed by atoms with Gasteiger partial charge in [-0.05, 0) is 40.4 Å². The van der Waals surface area contributed by atoms with Crippen LogP contribution in [-0.4, -0.2) is 18.7 Å². The fourth-order valence-electron chi connectivity index (χ4n) is 11.5. The van der Waals surface area contributed by atoms with Gasteiger partial charge in [-0.3, -0.25) is 0 Å². The van der Waals surface area contributed by atoms with Crippen molar-refractivity contribution >= 4 is 32.8 Å². The molecule has 6 heteroatoms. The van der Waals surface area contributed by atoms with Crippen molar-refractivity contribution in [1.82, 2.24) is 18.7 Å². The van der Waals surface area contributed by atoms with Crippen LogP contribution in [0.4, 0.5) is 0 Å². The summed E-state index contributed by atoms with van der Waals surface area (Å²) >= 11 is 2.27. The first-order valence-corrected chi connectivity index (χ1v) is 27.4. The zero-order chi connectivity index (χ0) is 62.9. The molecule has 76 heavy (non-hydrogen) atoms. The van der Waals surface area contributed by atoms with Crippen LogP contribution in [-0.2, 0) is 46.4 Å². The van der Waals surface area contributed by atoms with E-state index in [0.717, 1.165) is 50.1 Å². The van der Waals surface area contributed by atoms with Crippen molar-refractivity contribution in [3.05, 3.63) is 195 Å². The van der Waals surface area contributed by atoms with E-state index in [4.69, 9.17) is 17.9 Å². The van der Waals surface area contributed by atoms with E-state index in [1.165, 1.54) is 16.5 Å². The monoisotopic (exact) mass is 1190 g/mol. The summed E-state index contributed by atoms with van der Waals surface area (Å²) in [5, 5.41) is 2.31. The molecule has 0 saturated carbocycles. The molecule has 0 unspecified atom stereocenters. The molecule has 0 radical (unpaired) electrons. The third-order valence-corrected chi connectivity index (χ3v) is 18.1. The molecule has 3 heterocycles. The Morgan fingerprint density at radius 3 is 1.71 bits per heavy atom. The fourth-order valence-corrected chi connectivity index (χ4v) is 12.6. The van der Waals surface area contributed by atoms with Crippen LogP contribution in [0.3, 0.4) is 0 Å². The predicted molar refractivity (Wildman–Crippen MR) is 316 cm³/mol. The van der Waals surface area contributed by atoms with Gasteiger partial charge in [0.25, 0.3) is 0 Å². The molecule has 5 nitrogen and oxygen atoms in total. The summed E-state index contributed by atoms with van der Waals surface area (Å²) in [4.78, 5) is 4.98. The van der Waals surface area contributed by atoms with Crippen LogP contribution < -0.4 is 4.74 Å². The van der Waals surface area contributed by atoms with Gasteiger partial charge in [-0.1, -0.05) is 47.6 Å². The first kappa shape index (κ1) is 40.7. The van der Waals surface area contributed by atoms with Crippen molar-refractivity contribution in [3.63, 3.8) is 0 Å². The summed E-state index contributed by atoms with van der Waals surface area (Å²) in [6.45, 7) is 35.2. The van der Waals surface area contributed by atoms with Crippen molar-refractivity contribution in [2.75, 3.05) is 0 Å². The molecular formula is C70H74N4OPt. The first-order chi connectivity index (χ1) is 39.8. The van der Waals surface area contributed by atoms with E-state index in [1.54, 1.807) is 0 Å². The van der Waals surface area contributed by atoms with Crippen molar-refractivity contribution in [2.45, 2.75) is 138 Å². The van der Waals surface area contributed by atoms with Gasteiger partial charge in [-0.15, -0.1) is 0 Å². The Morgan fingerprint density at radius 1 is 0.526 bits per heavy atom. The Balaban J connectivity index is 1.22. The van der Waals surface area contributed by atoms with E-state index in [0.29, 0.717) is 26.4 Å². The number of imidazole rings is 1. The Morgan fingerprint density at radius 2 is 1.12 bits per heavy atom. The Labute approximate surface area is 476 Å². The van der Waals surface area contributed by atoms with Crippen LogP contribution in [0.1, 0.15) is 151 Å². The van der Waals surface area contributed by atoms with Crippen LogP contribution in [0.15, 0.2) is 158 Å². The van der Waals surface area contributed by atoms with Crippen LogP contribution in [0.2, 0.25) is 0 Å². The molecular weight excluding hydrogens is 1110 g/mol. The number of ether oxygens (including phenoxy) is 1. The topological polar surface area (TPSA) is 36.9 Å². The SMILES string of the molecule is [2H]c1c([2H])c([2H])c(-c2cc(C(C)(C)C)cc(-c3c([2H])c([2H])c([2H])c([2H])c3[2H])c2-n2[c](=[Pt])n(-c3cc(Oc4ccc5c6c7c(ccc6n(-c6cc(C)ccn6)c5c4)C(C)(C)C(C)(C)C7(C)C)cc(C(C)(C)C)c3)c3cc(C(C)(C)C)ccc32)c([2H])c1[2H]. The van der Waals surface area contributed by atoms with Gasteiger partial charge in [0.15, 0.2) is 0 Å². The summed E-state index contributed by atoms with van der Waals surface area (Å²) in [5.74, 6) is 1.99. The fraction of sp³-hybridized carbons (Fsp3) is 0.314. The van der Waals surface area contributed by atoms with Crippen molar-refractivity contribution < 1.29 is 37.8 Å². The van der Waals surface area contributed by atoms with Gasteiger partial charge in [0, 0.05) is 6.20 Å². The second-order valence-electron chi connectivity index (χ2n) is 25.6. The van der Waals surface area contributed by atoms with Gasteiger partial charge >= 0.3 is 384 Å². The van der Waals surface area contributed by atoms with Crippen LogP contribution in [0, 0.1) is 16.1 Å². The number of aromatic nitrogens is 4. The van der Waals surface area contributed by atoms with Crippen molar-refractivity contribution in [1.29, 1.82) is 0 Å². The maximum absolute atomic E-state index is 9.51. The minimum absolute atomic E-state index is 0.0713. The second kappa shape index (κ2) is 17.8. The van der Waals surface area contributed by atoms with E-state index in [2.05, 4.69) is 179 Å². The molecule has 1 aliphatic rings. The summed E-state index contributed by atoms with van der Waals surface area (Å²) in [5.41, 5.74) is 9.35. The normalized spacial score (nSPS) is 17.1. The van der Waals surface area contributed by atoms with E-state index in [1.807, 2.05) is 61.9 Å². The van der Waals surface area contributed by atoms with Gasteiger partial charge in [-0.2, -0.15) is 0 Å². The molecule has 0 aliphatic heterocycles. The Kier molecular flexibility index (Phi) is 9.50. The molecule has 7 aromatic carbocycles. The van der Waals surface area contributed by atoms with Crippen LogP contribution in [0.25, 0.3) is 72.3 Å². The molecule has 3 aromatic heterocycles. The summed E-state index contributed by atoms with van der Waals surface area (Å²) in [6, 6.07) is 26.1. The van der Waals surface area contributed by atoms with E-state index in [9.17, 15) is 5.48 Å². The van der Waals surface area contributed by atoms with Crippen LogP contribution >= 0.6 is 0 Å². The summed E-state index contributed by atoms with van der Waals surface area (Å²) in [7, 11) is 0. The number of nitrogens with zero attached hydrogens (tertiary/aromatic N) is 4. The predicted octanol–water partition coefficient (Wildman–Crippen LogP) is 18.9. The molecule has 11 rings (SSSR count). The number of aryl methyl sites for hydroxylation is 1. The molecule has 0 N–H and O–H groups in total. The van der Waals surface area contributed by atoms with E-state index < -0.39 is 71.3 Å². The number of hydrogen-bond acceptors (Lipinski definition) is 2. The molecule has 0 spiro atoms. The van der Waals surface area contributed by atoms with E-state index >= 15 is 0 Å². The molecule has 0 amide bonds. The molecule has 0 saturated heterocycles. The standard InChI is InChI=1S/C70H74N4O.Pt/c1-44-33-34-71-61(35-44)74-58-32-30-56-63(69(13,14)70(15,16)68(56,11)12)62(58)53-29-28-51(42-59(53)74)75-52-37-48(66(5,6)7)36-50(41-52)72-43-73(57-31-27-47(40-60(57)72)65(2,3)4)64-54(45-23-19-17-20-24-45)38-49(67(8,9)10)39-55(64)46-25-21-18-22-26-46;/h17-42H,1-16H3;/i17D,18D,19D,20D,21D,22D,23D,24D,25D,26D;. The van der Waals surface area contributed by atoms with Gasteiger partial charge < -0.3 is 0 Å². The number of benzene rings is 7. The number of rotatable bonds is 7. The number of hydrogen-bond donors (Lipinski definition) is 0. The number of pyridine rings is 1. The molecule has 390 valence electrons. The van der Waals surface area contributed by atoms with E-state index in [-0.39, 0.29) is 49.6 Å². The van der Waals surface area contributed by atoms with Crippen molar-refractivity contribution in [3.8, 4) is 50.9 Å². The van der Waals surface area contributed by atoms with Gasteiger partial charge in [0.1, 0.15) is 0 Å². The zero-order valence-corrected chi connectivity index (χ0v) is 49.0. The molecule has 0 fully saturated rings. The Hall–Kier alpha value is -6.55. The third-order valence-electron chi connectivity index (χ3n) is 17.1. The second-order valence-corrected chi connectivity index (χ2v) is 26.6. The average Bonchev–Trinajstić information content (AvgIpc) is 1.51.